The molecule has 0 unspecified atom stereocenters. The highest BCUT2D eigenvalue weighted by atomic mass is 32.1. The van der Waals surface area contributed by atoms with Crippen molar-refractivity contribution in [1.82, 2.24) is 4.98 Å². The SMILES string of the molecule is COc1ccc(C(=O)c2sc3c(c2N)C2(CCCCC2)[C@H](c2nc(-c4ccccc4)cs2)C(N)=N3)cc1. The van der Waals surface area contributed by atoms with Crippen LogP contribution in [0.1, 0.15) is 63.8 Å². The van der Waals surface area contributed by atoms with Gasteiger partial charge in [-0.05, 0) is 37.1 Å². The van der Waals surface area contributed by atoms with Gasteiger partial charge in [-0.15, -0.1) is 22.7 Å². The van der Waals surface area contributed by atoms with Gasteiger partial charge in [0, 0.05) is 27.5 Å². The molecule has 6 rings (SSSR count). The number of rotatable bonds is 5. The lowest BCUT2D eigenvalue weighted by Gasteiger charge is -2.45. The molecule has 0 amide bonds. The Kier molecular flexibility index (Phi) is 6.09. The molecule has 1 aliphatic heterocycles. The van der Waals surface area contributed by atoms with Gasteiger partial charge in [0.1, 0.15) is 26.5 Å². The van der Waals surface area contributed by atoms with Gasteiger partial charge in [0.15, 0.2) is 0 Å². The second-order valence-electron chi connectivity index (χ2n) is 9.71. The number of carbonyl (C=O) groups excluding carboxylic acids is 1. The molecule has 0 saturated heterocycles. The number of nitrogens with zero attached hydrogens (tertiary/aromatic N) is 2. The van der Waals surface area contributed by atoms with Crippen LogP contribution < -0.4 is 16.2 Å². The molecule has 0 bridgehead atoms. The third-order valence-corrected chi connectivity index (χ3v) is 9.65. The number of carbonyl (C=O) groups is 1. The predicted octanol–water partition coefficient (Wildman–Crippen LogP) is 6.68. The Morgan fingerprint density at radius 1 is 1.03 bits per heavy atom. The summed E-state index contributed by atoms with van der Waals surface area (Å²) in [5.41, 5.74) is 17.4. The highest BCUT2D eigenvalue weighted by Gasteiger charge is 2.51. The van der Waals surface area contributed by atoms with Gasteiger partial charge in [0.2, 0.25) is 5.78 Å². The van der Waals surface area contributed by atoms with E-state index in [-0.39, 0.29) is 17.1 Å². The topological polar surface area (TPSA) is 104 Å². The fourth-order valence-electron chi connectivity index (χ4n) is 5.89. The molecule has 6 nitrogen and oxygen atoms in total. The van der Waals surface area contributed by atoms with E-state index < -0.39 is 0 Å². The number of nitrogens with two attached hydrogens (primary N) is 2. The smallest absolute Gasteiger partial charge is 0.205 e. The van der Waals surface area contributed by atoms with Crippen molar-refractivity contribution in [2.75, 3.05) is 12.8 Å². The van der Waals surface area contributed by atoms with Crippen molar-refractivity contribution in [2.45, 2.75) is 43.4 Å². The first-order valence-corrected chi connectivity index (χ1v) is 14.2. The van der Waals surface area contributed by atoms with Gasteiger partial charge >= 0.3 is 0 Å². The molecule has 3 heterocycles. The largest absolute Gasteiger partial charge is 0.497 e. The van der Waals surface area contributed by atoms with Crippen molar-refractivity contribution in [3.63, 3.8) is 0 Å². The van der Waals surface area contributed by atoms with Crippen LogP contribution in [-0.4, -0.2) is 23.7 Å². The average Bonchev–Trinajstić information content (AvgIpc) is 3.54. The summed E-state index contributed by atoms with van der Waals surface area (Å²) in [5, 5.41) is 3.82. The molecule has 37 heavy (non-hydrogen) atoms. The van der Waals surface area contributed by atoms with E-state index in [1.807, 2.05) is 18.2 Å². The summed E-state index contributed by atoms with van der Waals surface area (Å²) >= 11 is 2.98. The number of aliphatic imine (C=N–C) groups is 1. The molecule has 4 N–H and O–H groups in total. The Balaban J connectivity index is 1.45. The van der Waals surface area contributed by atoms with Crippen molar-refractivity contribution < 1.29 is 9.53 Å². The summed E-state index contributed by atoms with van der Waals surface area (Å²) < 4.78 is 5.25. The normalized spacial score (nSPS) is 18.3. The number of methoxy groups -OCH3 is 1. The molecule has 1 saturated carbocycles. The molecule has 2 aromatic carbocycles. The van der Waals surface area contributed by atoms with E-state index in [0.29, 0.717) is 27.7 Å². The van der Waals surface area contributed by atoms with Crippen LogP contribution in [0.4, 0.5) is 10.7 Å². The number of nitrogen functional groups attached to an aromatic ring is 1. The number of thiophene rings is 1. The zero-order valence-electron chi connectivity index (χ0n) is 20.6. The average molecular weight is 529 g/mol. The minimum absolute atomic E-state index is 0.101. The van der Waals surface area contributed by atoms with Gasteiger partial charge < -0.3 is 16.2 Å². The van der Waals surface area contributed by atoms with Crippen LogP contribution in [0.5, 0.6) is 5.75 Å². The fourth-order valence-corrected chi connectivity index (χ4v) is 8.13. The van der Waals surface area contributed by atoms with Crippen LogP contribution in [0, 0.1) is 0 Å². The fraction of sp³-hybridized carbons (Fsp3) is 0.276. The van der Waals surface area contributed by atoms with E-state index in [2.05, 4.69) is 17.5 Å². The van der Waals surface area contributed by atoms with Gasteiger partial charge in [0.25, 0.3) is 0 Å². The van der Waals surface area contributed by atoms with Gasteiger partial charge in [0.05, 0.1) is 24.4 Å². The summed E-state index contributed by atoms with van der Waals surface area (Å²) in [4.78, 5) is 24.0. The van der Waals surface area contributed by atoms with Crippen LogP contribution in [0.3, 0.4) is 0 Å². The molecule has 1 spiro atoms. The molecule has 4 aromatic rings. The number of aromatic nitrogens is 1. The number of ketones is 1. The molecule has 8 heteroatoms. The maximum Gasteiger partial charge on any atom is 0.205 e. The molecule has 2 aromatic heterocycles. The van der Waals surface area contributed by atoms with E-state index in [0.717, 1.165) is 52.5 Å². The highest BCUT2D eigenvalue weighted by Crippen LogP contribution is 2.59. The van der Waals surface area contributed by atoms with Crippen LogP contribution in [0.25, 0.3) is 11.3 Å². The summed E-state index contributed by atoms with van der Waals surface area (Å²) in [6.07, 6.45) is 5.22. The summed E-state index contributed by atoms with van der Waals surface area (Å²) in [6, 6.07) is 17.3. The molecule has 1 fully saturated rings. The lowest BCUT2D eigenvalue weighted by atomic mass is 9.60. The monoisotopic (exact) mass is 528 g/mol. The molecular formula is C29H28N4O2S2. The van der Waals surface area contributed by atoms with E-state index in [1.165, 1.54) is 17.8 Å². The maximum atomic E-state index is 13.5. The number of hydrogen-bond donors (Lipinski definition) is 2. The number of amidine groups is 1. The molecule has 2 aliphatic rings. The third-order valence-electron chi connectivity index (χ3n) is 7.65. The maximum absolute atomic E-state index is 13.5. The van der Waals surface area contributed by atoms with Crippen LogP contribution in [0.15, 0.2) is 65.0 Å². The number of anilines is 1. The number of ether oxygens (including phenoxy) is 1. The van der Waals surface area contributed by atoms with Crippen LogP contribution in [0.2, 0.25) is 0 Å². The van der Waals surface area contributed by atoms with Gasteiger partial charge in [-0.1, -0.05) is 49.6 Å². The highest BCUT2D eigenvalue weighted by molar-refractivity contribution is 7.18. The quantitative estimate of drug-likeness (QED) is 0.281. The number of benzene rings is 2. The Morgan fingerprint density at radius 3 is 2.46 bits per heavy atom. The van der Waals surface area contributed by atoms with Crippen molar-refractivity contribution in [1.29, 1.82) is 0 Å². The molecule has 0 radical (unpaired) electrons. The second kappa shape index (κ2) is 9.43. The van der Waals surface area contributed by atoms with Gasteiger partial charge in [-0.2, -0.15) is 0 Å². The van der Waals surface area contributed by atoms with E-state index in [1.54, 1.807) is 42.7 Å². The van der Waals surface area contributed by atoms with Crippen molar-refractivity contribution in [3.05, 3.63) is 81.0 Å². The molecule has 188 valence electrons. The minimum atomic E-state index is -0.315. The first-order valence-electron chi connectivity index (χ1n) is 12.5. The number of thiazole rings is 1. The summed E-state index contributed by atoms with van der Waals surface area (Å²) in [7, 11) is 1.61. The van der Waals surface area contributed by atoms with Gasteiger partial charge in [-0.25, -0.2) is 9.98 Å². The Labute approximate surface area is 224 Å². The van der Waals surface area contributed by atoms with E-state index in [9.17, 15) is 4.79 Å². The summed E-state index contributed by atoms with van der Waals surface area (Å²) in [5.74, 6) is 1.00. The lowest BCUT2D eigenvalue weighted by Crippen LogP contribution is -2.44. The zero-order chi connectivity index (χ0) is 25.6. The minimum Gasteiger partial charge on any atom is -0.497 e. The predicted molar refractivity (Wildman–Crippen MR) is 151 cm³/mol. The van der Waals surface area contributed by atoms with Gasteiger partial charge in [-0.3, -0.25) is 4.79 Å². The standard InChI is InChI=1S/C29H28N4O2S2/c1-35-19-12-10-18(11-13-19)24(34)25-23(30)21-28(37-25)33-26(31)22(29(21)14-6-3-7-15-29)27-32-20(16-36-27)17-8-4-2-5-9-17/h2,4-5,8-13,16,22H,3,6-7,14-15,30H2,1H3,(H2,31,33)/t22-/m0/s1. The number of hydrogen-bond acceptors (Lipinski definition) is 8. The first kappa shape index (κ1) is 23.9. The Morgan fingerprint density at radius 2 is 1.76 bits per heavy atom. The number of fused-ring (bicyclic) bond motifs is 2. The molecule has 1 aliphatic carbocycles. The summed E-state index contributed by atoms with van der Waals surface area (Å²) in [6.45, 7) is 0. The van der Waals surface area contributed by atoms with Crippen molar-refractivity contribution >= 4 is 45.0 Å². The van der Waals surface area contributed by atoms with Crippen LogP contribution >= 0.6 is 22.7 Å². The van der Waals surface area contributed by atoms with Crippen molar-refractivity contribution in [3.8, 4) is 17.0 Å². The Bertz CT molecular complexity index is 1480. The van der Waals surface area contributed by atoms with E-state index >= 15 is 0 Å². The Hall–Kier alpha value is -3.49. The van der Waals surface area contributed by atoms with Crippen molar-refractivity contribution in [2.24, 2.45) is 10.7 Å². The zero-order valence-corrected chi connectivity index (χ0v) is 22.2. The molecular weight excluding hydrogens is 500 g/mol. The van der Waals surface area contributed by atoms with Crippen LogP contribution in [-0.2, 0) is 5.41 Å². The van der Waals surface area contributed by atoms with E-state index in [4.69, 9.17) is 26.2 Å². The lowest BCUT2D eigenvalue weighted by molar-refractivity contribution is 0.104. The second-order valence-corrected chi connectivity index (χ2v) is 11.6. The first-order chi connectivity index (χ1) is 18.0. The third kappa shape index (κ3) is 3.95. The molecule has 1 atom stereocenters.